The molecule has 3 rings (SSSR count). The Kier molecular flexibility index (Phi) is 2.85. The molecule has 1 radical (unpaired) electrons. The van der Waals surface area contributed by atoms with Crippen LogP contribution >= 0.6 is 11.6 Å². The molecule has 0 spiro atoms. The van der Waals surface area contributed by atoms with Crippen molar-refractivity contribution >= 4 is 28.7 Å². The van der Waals surface area contributed by atoms with Gasteiger partial charge in [0.1, 0.15) is 5.52 Å². The van der Waals surface area contributed by atoms with E-state index in [0.717, 1.165) is 0 Å². The van der Waals surface area contributed by atoms with Gasteiger partial charge in [-0.05, 0) is 19.8 Å². The van der Waals surface area contributed by atoms with Crippen LogP contribution in [0.1, 0.15) is 18.9 Å². The Morgan fingerprint density at radius 2 is 2.35 bits per heavy atom. The van der Waals surface area contributed by atoms with Crippen molar-refractivity contribution in [2.75, 3.05) is 5.73 Å². The average molecular weight is 291 g/mol. The van der Waals surface area contributed by atoms with Crippen molar-refractivity contribution in [1.29, 1.82) is 0 Å². The number of halogens is 1. The third-order valence-corrected chi connectivity index (χ3v) is 4.07. The second-order valence-electron chi connectivity index (χ2n) is 5.11. The molecule has 2 aromatic heterocycles. The quantitative estimate of drug-likeness (QED) is 0.609. The molecule has 0 aliphatic heterocycles. The van der Waals surface area contributed by atoms with Crippen LogP contribution in [-0.2, 0) is 0 Å². The van der Waals surface area contributed by atoms with Crippen molar-refractivity contribution < 1.29 is 5.11 Å². The van der Waals surface area contributed by atoms with Crippen LogP contribution in [0.3, 0.4) is 0 Å². The van der Waals surface area contributed by atoms with E-state index >= 15 is 0 Å². The topological polar surface area (TPSA) is 89.9 Å². The summed E-state index contributed by atoms with van der Waals surface area (Å²) in [4.78, 5) is 12.2. The number of anilines is 1. The molecule has 1 saturated carbocycles. The number of hydrogen-bond donors (Lipinski definition) is 2. The standard InChI is InChI=1S/C13H13ClN5O/c1-3-13(2)5-7(4-8(13)20)19-6-16-9-10(14)17-12(15)18-11(9)19/h1,6-8,20H,2,4-5H2,(H2,15,17,18)/t7-,8-,13+/m1/s1. The molecule has 1 aliphatic rings. The molecule has 3 N–H and O–H groups in total. The number of nitrogen functional groups attached to an aromatic ring is 1. The fourth-order valence-electron chi connectivity index (χ4n) is 2.66. The minimum absolute atomic E-state index is 0.0473. The second-order valence-corrected chi connectivity index (χ2v) is 5.46. The maximum Gasteiger partial charge on any atom is 0.223 e. The number of fused-ring (bicyclic) bond motifs is 1. The number of nitrogens with zero attached hydrogens (tertiary/aromatic N) is 4. The molecule has 7 heteroatoms. The van der Waals surface area contributed by atoms with Crippen LogP contribution in [0.4, 0.5) is 5.95 Å². The highest BCUT2D eigenvalue weighted by atomic mass is 35.5. The summed E-state index contributed by atoms with van der Waals surface area (Å²) in [5.74, 6) is 2.66. The molecule has 1 aliphatic carbocycles. The lowest BCUT2D eigenvalue weighted by Gasteiger charge is -2.20. The van der Waals surface area contributed by atoms with Gasteiger partial charge in [-0.3, -0.25) is 0 Å². The van der Waals surface area contributed by atoms with Crippen LogP contribution in [-0.4, -0.2) is 30.7 Å². The summed E-state index contributed by atoms with van der Waals surface area (Å²) >= 11 is 5.99. The lowest BCUT2D eigenvalue weighted by molar-refractivity contribution is 0.119. The molecule has 20 heavy (non-hydrogen) atoms. The number of aliphatic hydroxyl groups is 1. The van der Waals surface area contributed by atoms with Crippen molar-refractivity contribution in [2.45, 2.75) is 25.0 Å². The maximum absolute atomic E-state index is 10.1. The van der Waals surface area contributed by atoms with E-state index in [1.165, 1.54) is 0 Å². The molecule has 0 aromatic carbocycles. The van der Waals surface area contributed by atoms with Crippen LogP contribution in [0.25, 0.3) is 11.2 Å². The number of nitrogens with two attached hydrogens (primary N) is 1. The highest BCUT2D eigenvalue weighted by Crippen LogP contribution is 2.44. The summed E-state index contributed by atoms with van der Waals surface area (Å²) in [7, 11) is 0. The van der Waals surface area contributed by atoms with E-state index in [1.807, 2.05) is 4.57 Å². The first-order valence-corrected chi connectivity index (χ1v) is 6.49. The molecular formula is C13H13ClN5O. The van der Waals surface area contributed by atoms with Gasteiger partial charge in [0.25, 0.3) is 0 Å². The van der Waals surface area contributed by atoms with Crippen molar-refractivity contribution in [1.82, 2.24) is 19.5 Å². The third-order valence-electron chi connectivity index (χ3n) is 3.81. The molecule has 0 bridgehead atoms. The highest BCUT2D eigenvalue weighted by molar-refractivity contribution is 6.33. The van der Waals surface area contributed by atoms with Gasteiger partial charge in [-0.1, -0.05) is 17.5 Å². The van der Waals surface area contributed by atoms with Gasteiger partial charge in [-0.25, -0.2) is 4.98 Å². The Hall–Kier alpha value is -1.84. The first kappa shape index (κ1) is 13.2. The van der Waals surface area contributed by atoms with Crippen LogP contribution < -0.4 is 5.73 Å². The van der Waals surface area contributed by atoms with Gasteiger partial charge < -0.3 is 15.4 Å². The van der Waals surface area contributed by atoms with Crippen LogP contribution in [0.15, 0.2) is 6.33 Å². The smallest absolute Gasteiger partial charge is 0.223 e. The lowest BCUT2D eigenvalue weighted by atomic mass is 9.88. The van der Waals surface area contributed by atoms with Crippen molar-refractivity contribution in [3.63, 3.8) is 0 Å². The van der Waals surface area contributed by atoms with E-state index in [1.54, 1.807) is 6.33 Å². The maximum atomic E-state index is 10.1. The summed E-state index contributed by atoms with van der Waals surface area (Å²) in [5.41, 5.74) is 5.85. The van der Waals surface area contributed by atoms with E-state index in [9.17, 15) is 5.11 Å². The Bertz CT molecular complexity index is 721. The van der Waals surface area contributed by atoms with E-state index in [0.29, 0.717) is 24.0 Å². The second kappa shape index (κ2) is 4.33. The minimum atomic E-state index is -0.788. The van der Waals surface area contributed by atoms with Crippen LogP contribution in [0.5, 0.6) is 0 Å². The molecule has 103 valence electrons. The monoisotopic (exact) mass is 290 g/mol. The average Bonchev–Trinajstić information content (AvgIpc) is 2.92. The number of aliphatic hydroxyl groups excluding tert-OH is 1. The number of aromatic nitrogens is 4. The van der Waals surface area contributed by atoms with Gasteiger partial charge >= 0.3 is 0 Å². The summed E-state index contributed by atoms with van der Waals surface area (Å²) < 4.78 is 1.83. The van der Waals surface area contributed by atoms with Crippen LogP contribution in [0, 0.1) is 24.7 Å². The van der Waals surface area contributed by atoms with Gasteiger partial charge in [-0.15, -0.1) is 6.42 Å². The first-order valence-electron chi connectivity index (χ1n) is 6.11. The van der Waals surface area contributed by atoms with E-state index in [4.69, 9.17) is 23.8 Å². The van der Waals surface area contributed by atoms with Gasteiger partial charge in [-0.2, -0.15) is 9.97 Å². The predicted octanol–water partition coefficient (Wildman–Crippen LogP) is 1.21. The van der Waals surface area contributed by atoms with Crippen molar-refractivity contribution in [3.05, 3.63) is 18.4 Å². The van der Waals surface area contributed by atoms with Crippen molar-refractivity contribution in [2.24, 2.45) is 5.41 Å². The van der Waals surface area contributed by atoms with Crippen LogP contribution in [0.2, 0.25) is 5.15 Å². The number of hydrogen-bond acceptors (Lipinski definition) is 5. The minimum Gasteiger partial charge on any atom is -0.391 e. The van der Waals surface area contributed by atoms with E-state index < -0.39 is 11.5 Å². The Morgan fingerprint density at radius 3 is 3.00 bits per heavy atom. The van der Waals surface area contributed by atoms with Crippen molar-refractivity contribution in [3.8, 4) is 12.3 Å². The Labute approximate surface area is 121 Å². The molecule has 2 aromatic rings. The van der Waals surface area contributed by atoms with Gasteiger partial charge in [0.15, 0.2) is 10.8 Å². The summed E-state index contributed by atoms with van der Waals surface area (Å²) in [6, 6.07) is -0.0473. The largest absolute Gasteiger partial charge is 0.391 e. The summed E-state index contributed by atoms with van der Waals surface area (Å²) in [6.07, 6.45) is 7.45. The molecule has 3 atom stereocenters. The number of rotatable bonds is 1. The van der Waals surface area contributed by atoms with E-state index in [-0.39, 0.29) is 17.1 Å². The Morgan fingerprint density at radius 1 is 1.60 bits per heavy atom. The zero-order valence-corrected chi connectivity index (χ0v) is 11.4. The zero-order chi connectivity index (χ0) is 14.5. The molecular weight excluding hydrogens is 278 g/mol. The highest BCUT2D eigenvalue weighted by Gasteiger charge is 2.43. The predicted molar refractivity (Wildman–Crippen MR) is 75.6 cm³/mol. The number of imidazole rings is 1. The van der Waals surface area contributed by atoms with Gasteiger partial charge in [0, 0.05) is 6.04 Å². The van der Waals surface area contributed by atoms with E-state index in [2.05, 4.69) is 27.8 Å². The lowest BCUT2D eigenvalue weighted by Crippen LogP contribution is -2.24. The fraction of sp³-hybridized carbons (Fsp3) is 0.385. The van der Waals surface area contributed by atoms with Gasteiger partial charge in [0.2, 0.25) is 5.95 Å². The molecule has 2 heterocycles. The summed E-state index contributed by atoms with van der Waals surface area (Å²) in [5, 5.41) is 10.3. The normalized spacial score (nSPS) is 29.7. The first-order chi connectivity index (χ1) is 9.44. The zero-order valence-electron chi connectivity index (χ0n) is 10.6. The molecule has 6 nitrogen and oxygen atoms in total. The number of terminal acetylenes is 1. The summed E-state index contributed by atoms with van der Waals surface area (Å²) in [6.45, 7) is 3.94. The third kappa shape index (κ3) is 1.82. The SMILES string of the molecule is C#C[C@@]1([CH2])C[C@H](n2cnc3c(Cl)nc(N)nc32)C[C@H]1O. The fourth-order valence-corrected chi connectivity index (χ4v) is 2.88. The molecule has 1 fully saturated rings. The molecule has 0 unspecified atom stereocenters. The Balaban J connectivity index is 2.07. The molecule has 0 saturated heterocycles. The molecule has 0 amide bonds. The van der Waals surface area contributed by atoms with Gasteiger partial charge in [0.05, 0.1) is 17.8 Å².